The van der Waals surface area contributed by atoms with Crippen molar-refractivity contribution in [3.63, 3.8) is 0 Å². The fourth-order valence-electron chi connectivity index (χ4n) is 2.07. The molecule has 0 aromatic rings. The molecule has 1 unspecified atom stereocenters. The Balaban J connectivity index is 1.70. The molecule has 0 aromatic heterocycles. The maximum atomic E-state index is 11.3. The van der Waals surface area contributed by atoms with E-state index in [1.165, 1.54) is 12.8 Å². The van der Waals surface area contributed by atoms with Gasteiger partial charge in [0, 0.05) is 13.1 Å². The van der Waals surface area contributed by atoms with Crippen LogP contribution in [0, 0.1) is 0 Å². The molecule has 14 heavy (non-hydrogen) atoms. The van der Waals surface area contributed by atoms with Gasteiger partial charge in [-0.15, -0.1) is 0 Å². The number of nitrogens with one attached hydrogen (secondary N) is 2. The van der Waals surface area contributed by atoms with Gasteiger partial charge < -0.3 is 15.4 Å². The summed E-state index contributed by atoms with van der Waals surface area (Å²) < 4.78 is 5.69. The summed E-state index contributed by atoms with van der Waals surface area (Å²) in [7, 11) is 0. The molecular weight excluding hydrogens is 180 g/mol. The van der Waals surface area contributed by atoms with Crippen LogP contribution >= 0.6 is 0 Å². The Labute approximate surface area is 84.4 Å². The molecule has 2 aliphatic rings. The Morgan fingerprint density at radius 3 is 2.79 bits per heavy atom. The quantitative estimate of drug-likeness (QED) is 0.673. The zero-order chi connectivity index (χ0) is 9.80. The zero-order valence-corrected chi connectivity index (χ0v) is 8.42. The molecule has 2 N–H and O–H groups in total. The Morgan fingerprint density at radius 1 is 1.29 bits per heavy atom. The number of hydrogen-bond donors (Lipinski definition) is 2. The molecule has 4 heteroatoms. The lowest BCUT2D eigenvalue weighted by molar-refractivity contribution is -0.126. The topological polar surface area (TPSA) is 50.4 Å². The first-order chi connectivity index (χ1) is 6.86. The summed E-state index contributed by atoms with van der Waals surface area (Å²) in [5, 5.41) is 5.98. The van der Waals surface area contributed by atoms with Gasteiger partial charge in [-0.1, -0.05) is 12.8 Å². The van der Waals surface area contributed by atoms with E-state index in [-0.39, 0.29) is 11.9 Å². The number of ether oxygens (including phenoxy) is 1. The SMILES string of the molecule is O=C1NCCNC1COC1CCCC1. The minimum Gasteiger partial charge on any atom is -0.376 e. The highest BCUT2D eigenvalue weighted by atomic mass is 16.5. The van der Waals surface area contributed by atoms with Crippen molar-refractivity contribution in [3.05, 3.63) is 0 Å². The number of piperazine rings is 1. The van der Waals surface area contributed by atoms with Crippen molar-refractivity contribution in [2.24, 2.45) is 0 Å². The molecule has 1 aliphatic heterocycles. The van der Waals surface area contributed by atoms with Gasteiger partial charge in [0.1, 0.15) is 6.04 Å². The van der Waals surface area contributed by atoms with Crippen LogP contribution in [0.4, 0.5) is 0 Å². The third-order valence-corrected chi connectivity index (χ3v) is 2.93. The van der Waals surface area contributed by atoms with E-state index in [9.17, 15) is 4.79 Å². The summed E-state index contributed by atoms with van der Waals surface area (Å²) in [5.41, 5.74) is 0. The fourth-order valence-corrected chi connectivity index (χ4v) is 2.07. The molecule has 2 fully saturated rings. The third kappa shape index (κ3) is 2.45. The van der Waals surface area contributed by atoms with Crippen LogP contribution in [0.15, 0.2) is 0 Å². The van der Waals surface area contributed by atoms with Crippen LogP contribution in [0.5, 0.6) is 0 Å². The molecule has 1 aliphatic carbocycles. The second kappa shape index (κ2) is 4.75. The number of amides is 1. The van der Waals surface area contributed by atoms with Crippen LogP contribution in [-0.2, 0) is 9.53 Å². The molecule has 0 bridgehead atoms. The first-order valence-electron chi connectivity index (χ1n) is 5.49. The van der Waals surface area contributed by atoms with Gasteiger partial charge in [0.15, 0.2) is 0 Å². The van der Waals surface area contributed by atoms with Gasteiger partial charge in [0.2, 0.25) is 5.91 Å². The highest BCUT2D eigenvalue weighted by Gasteiger charge is 2.23. The number of carbonyl (C=O) groups excluding carboxylic acids is 1. The van der Waals surface area contributed by atoms with Crippen LogP contribution in [0.3, 0.4) is 0 Å². The third-order valence-electron chi connectivity index (χ3n) is 2.93. The van der Waals surface area contributed by atoms with Crippen molar-refractivity contribution in [1.29, 1.82) is 0 Å². The molecule has 0 spiro atoms. The predicted octanol–water partition coefficient (Wildman–Crippen LogP) is 0.0336. The smallest absolute Gasteiger partial charge is 0.239 e. The van der Waals surface area contributed by atoms with Crippen molar-refractivity contribution < 1.29 is 9.53 Å². The van der Waals surface area contributed by atoms with Gasteiger partial charge >= 0.3 is 0 Å². The Hall–Kier alpha value is -0.610. The monoisotopic (exact) mass is 198 g/mol. The minimum atomic E-state index is -0.135. The Kier molecular flexibility index (Phi) is 3.37. The van der Waals surface area contributed by atoms with Crippen molar-refractivity contribution >= 4 is 5.91 Å². The van der Waals surface area contributed by atoms with E-state index < -0.39 is 0 Å². The normalized spacial score (nSPS) is 29.1. The summed E-state index contributed by atoms with van der Waals surface area (Å²) in [6, 6.07) is -0.135. The van der Waals surface area contributed by atoms with E-state index >= 15 is 0 Å². The largest absolute Gasteiger partial charge is 0.376 e. The lowest BCUT2D eigenvalue weighted by Gasteiger charge is -2.24. The maximum absolute atomic E-state index is 11.3. The van der Waals surface area contributed by atoms with E-state index in [4.69, 9.17) is 4.74 Å². The number of hydrogen-bond acceptors (Lipinski definition) is 3. The Bertz CT molecular complexity index is 202. The van der Waals surface area contributed by atoms with Crippen LogP contribution in [0.2, 0.25) is 0 Å². The lowest BCUT2D eigenvalue weighted by Crippen LogP contribution is -2.55. The average molecular weight is 198 g/mol. The summed E-state index contributed by atoms with van der Waals surface area (Å²) >= 11 is 0. The molecule has 0 aromatic carbocycles. The fraction of sp³-hybridized carbons (Fsp3) is 0.900. The molecule has 1 saturated carbocycles. The van der Waals surface area contributed by atoms with E-state index in [1.807, 2.05) is 0 Å². The standard InChI is InChI=1S/C10H18N2O2/c13-10-9(11-5-6-12-10)7-14-8-3-1-2-4-8/h8-9,11H,1-7H2,(H,12,13). The van der Waals surface area contributed by atoms with E-state index in [1.54, 1.807) is 0 Å². The molecule has 80 valence electrons. The average Bonchev–Trinajstić information content (AvgIpc) is 2.69. The molecule has 1 saturated heterocycles. The van der Waals surface area contributed by atoms with Gasteiger partial charge in [0.05, 0.1) is 12.7 Å². The molecular formula is C10H18N2O2. The van der Waals surface area contributed by atoms with Crippen LogP contribution in [0.25, 0.3) is 0 Å². The van der Waals surface area contributed by atoms with Crippen molar-refractivity contribution in [3.8, 4) is 0 Å². The van der Waals surface area contributed by atoms with E-state index in [2.05, 4.69) is 10.6 Å². The van der Waals surface area contributed by atoms with Gasteiger partial charge in [0.25, 0.3) is 0 Å². The van der Waals surface area contributed by atoms with Crippen LogP contribution < -0.4 is 10.6 Å². The predicted molar refractivity (Wildman–Crippen MR) is 53.0 cm³/mol. The minimum absolute atomic E-state index is 0.0780. The van der Waals surface area contributed by atoms with Crippen LogP contribution in [-0.4, -0.2) is 37.7 Å². The second-order valence-electron chi connectivity index (χ2n) is 4.04. The van der Waals surface area contributed by atoms with Crippen molar-refractivity contribution in [1.82, 2.24) is 10.6 Å². The Morgan fingerprint density at radius 2 is 2.07 bits per heavy atom. The summed E-state index contributed by atoms with van der Waals surface area (Å²) in [6.45, 7) is 2.11. The van der Waals surface area contributed by atoms with Crippen molar-refractivity contribution in [2.45, 2.75) is 37.8 Å². The summed E-state index contributed by atoms with van der Waals surface area (Å²) in [5.74, 6) is 0.0780. The van der Waals surface area contributed by atoms with Crippen LogP contribution in [0.1, 0.15) is 25.7 Å². The summed E-state index contributed by atoms with van der Waals surface area (Å²) in [4.78, 5) is 11.3. The van der Waals surface area contributed by atoms with Gasteiger partial charge in [-0.05, 0) is 12.8 Å². The van der Waals surface area contributed by atoms with E-state index in [0.717, 1.165) is 25.9 Å². The first kappa shape index (κ1) is 9.93. The van der Waals surface area contributed by atoms with E-state index in [0.29, 0.717) is 12.7 Å². The highest BCUT2D eigenvalue weighted by molar-refractivity contribution is 5.82. The molecule has 0 radical (unpaired) electrons. The molecule has 1 atom stereocenters. The highest BCUT2D eigenvalue weighted by Crippen LogP contribution is 2.20. The second-order valence-corrected chi connectivity index (χ2v) is 4.04. The molecule has 1 amide bonds. The van der Waals surface area contributed by atoms with Gasteiger partial charge in [-0.3, -0.25) is 4.79 Å². The molecule has 2 rings (SSSR count). The van der Waals surface area contributed by atoms with Gasteiger partial charge in [-0.2, -0.15) is 0 Å². The van der Waals surface area contributed by atoms with Crippen molar-refractivity contribution in [2.75, 3.05) is 19.7 Å². The molecule has 4 nitrogen and oxygen atoms in total. The summed E-state index contributed by atoms with van der Waals surface area (Å²) in [6.07, 6.45) is 5.26. The number of carbonyl (C=O) groups is 1. The first-order valence-corrected chi connectivity index (χ1v) is 5.49. The number of rotatable bonds is 3. The zero-order valence-electron chi connectivity index (χ0n) is 8.42. The maximum Gasteiger partial charge on any atom is 0.239 e. The lowest BCUT2D eigenvalue weighted by atomic mass is 10.2. The molecule has 1 heterocycles. The van der Waals surface area contributed by atoms with Gasteiger partial charge in [-0.25, -0.2) is 0 Å².